The summed E-state index contributed by atoms with van der Waals surface area (Å²) in [5.41, 5.74) is 1.74. The molecule has 18 heavy (non-hydrogen) atoms. The van der Waals surface area contributed by atoms with Gasteiger partial charge in [-0.05, 0) is 42.3 Å². The van der Waals surface area contributed by atoms with E-state index in [1.165, 1.54) is 16.5 Å². The van der Waals surface area contributed by atoms with Crippen LogP contribution in [0.5, 0.6) is 0 Å². The molecule has 0 radical (unpaired) electrons. The highest BCUT2D eigenvalue weighted by Crippen LogP contribution is 2.29. The molecule has 1 nitrogen and oxygen atoms in total. The third kappa shape index (κ3) is 5.11. The summed E-state index contributed by atoms with van der Waals surface area (Å²) in [5, 5.41) is 3.60. The van der Waals surface area contributed by atoms with Crippen LogP contribution in [-0.4, -0.2) is 13.1 Å². The highest BCUT2D eigenvalue weighted by Gasteiger charge is 2.23. The summed E-state index contributed by atoms with van der Waals surface area (Å²) in [4.78, 5) is 0. The molecule has 0 heterocycles. The first kappa shape index (κ1) is 15.7. The molecule has 0 aliphatic heterocycles. The Morgan fingerprint density at radius 1 is 1.28 bits per heavy atom. The van der Waals surface area contributed by atoms with Gasteiger partial charge in [0.2, 0.25) is 0 Å². The monoisotopic (exact) mass is 311 g/mol. The van der Waals surface area contributed by atoms with Gasteiger partial charge in [0.25, 0.3) is 0 Å². The third-order valence-corrected chi connectivity index (χ3v) is 4.31. The van der Waals surface area contributed by atoms with Crippen LogP contribution in [0.3, 0.4) is 0 Å². The molecule has 0 aromatic heterocycles. The molecule has 0 saturated carbocycles. The van der Waals surface area contributed by atoms with E-state index in [1.807, 2.05) is 0 Å². The first-order chi connectivity index (χ1) is 8.47. The van der Waals surface area contributed by atoms with Crippen molar-refractivity contribution in [3.63, 3.8) is 0 Å². The van der Waals surface area contributed by atoms with Crippen molar-refractivity contribution in [3.8, 4) is 0 Å². The molecule has 0 bridgehead atoms. The average molecular weight is 312 g/mol. The van der Waals surface area contributed by atoms with Crippen LogP contribution in [0.4, 0.5) is 0 Å². The fourth-order valence-electron chi connectivity index (χ4n) is 2.08. The van der Waals surface area contributed by atoms with Gasteiger partial charge in [0, 0.05) is 11.0 Å². The standard InChI is InChI=1S/C16H26BrN/c1-5-16(4,12-18-11-13(2)3)10-14-8-6-7-9-15(14)17/h6-9,13,18H,5,10-12H2,1-4H3. The van der Waals surface area contributed by atoms with Crippen LogP contribution in [0.25, 0.3) is 0 Å². The zero-order valence-corrected chi connectivity index (χ0v) is 13.7. The van der Waals surface area contributed by atoms with Crippen molar-refractivity contribution in [1.29, 1.82) is 0 Å². The van der Waals surface area contributed by atoms with Crippen LogP contribution in [0.2, 0.25) is 0 Å². The van der Waals surface area contributed by atoms with Gasteiger partial charge in [-0.3, -0.25) is 0 Å². The molecule has 0 amide bonds. The fourth-order valence-corrected chi connectivity index (χ4v) is 2.50. The summed E-state index contributed by atoms with van der Waals surface area (Å²) >= 11 is 3.65. The Bertz CT molecular complexity index is 362. The summed E-state index contributed by atoms with van der Waals surface area (Å²) in [5.74, 6) is 0.717. The lowest BCUT2D eigenvalue weighted by molar-refractivity contribution is 0.285. The molecule has 1 atom stereocenters. The number of rotatable bonds is 7. The molecule has 0 fully saturated rings. The Labute approximate surface area is 120 Å². The van der Waals surface area contributed by atoms with Crippen LogP contribution in [0.15, 0.2) is 28.7 Å². The van der Waals surface area contributed by atoms with E-state index in [9.17, 15) is 0 Å². The normalized spacial score (nSPS) is 14.8. The minimum absolute atomic E-state index is 0.332. The van der Waals surface area contributed by atoms with Gasteiger partial charge in [-0.2, -0.15) is 0 Å². The minimum atomic E-state index is 0.332. The lowest BCUT2D eigenvalue weighted by Gasteiger charge is -2.29. The molecule has 1 unspecified atom stereocenters. The molecule has 1 rings (SSSR count). The van der Waals surface area contributed by atoms with E-state index in [2.05, 4.69) is 73.2 Å². The summed E-state index contributed by atoms with van der Waals surface area (Å²) in [6.07, 6.45) is 2.31. The van der Waals surface area contributed by atoms with Gasteiger partial charge in [-0.1, -0.05) is 61.8 Å². The summed E-state index contributed by atoms with van der Waals surface area (Å²) in [7, 11) is 0. The Morgan fingerprint density at radius 2 is 1.94 bits per heavy atom. The second-order valence-electron chi connectivity index (χ2n) is 5.96. The molecular formula is C16H26BrN. The fraction of sp³-hybridized carbons (Fsp3) is 0.625. The molecular weight excluding hydrogens is 286 g/mol. The van der Waals surface area contributed by atoms with Crippen molar-refractivity contribution in [1.82, 2.24) is 5.32 Å². The summed E-state index contributed by atoms with van der Waals surface area (Å²) in [6.45, 7) is 11.4. The molecule has 0 spiro atoms. The quantitative estimate of drug-likeness (QED) is 0.772. The van der Waals surface area contributed by atoms with E-state index in [0.29, 0.717) is 5.41 Å². The number of hydrogen-bond donors (Lipinski definition) is 1. The largest absolute Gasteiger partial charge is 0.316 e. The van der Waals surface area contributed by atoms with Crippen molar-refractivity contribution < 1.29 is 0 Å². The summed E-state index contributed by atoms with van der Waals surface area (Å²) < 4.78 is 1.23. The highest BCUT2D eigenvalue weighted by molar-refractivity contribution is 9.10. The maximum absolute atomic E-state index is 3.65. The number of benzene rings is 1. The molecule has 102 valence electrons. The van der Waals surface area contributed by atoms with Gasteiger partial charge in [-0.15, -0.1) is 0 Å². The first-order valence-corrected chi connectivity index (χ1v) is 7.70. The van der Waals surface area contributed by atoms with Crippen molar-refractivity contribution in [2.45, 2.75) is 40.5 Å². The van der Waals surface area contributed by atoms with Gasteiger partial charge in [0.15, 0.2) is 0 Å². The molecule has 1 aromatic carbocycles. The molecule has 1 aromatic rings. The van der Waals surface area contributed by atoms with Gasteiger partial charge < -0.3 is 5.32 Å². The molecule has 0 aliphatic carbocycles. The lowest BCUT2D eigenvalue weighted by Crippen LogP contribution is -2.35. The second-order valence-corrected chi connectivity index (χ2v) is 6.81. The zero-order valence-electron chi connectivity index (χ0n) is 12.1. The van der Waals surface area contributed by atoms with E-state index in [4.69, 9.17) is 0 Å². The van der Waals surface area contributed by atoms with Crippen LogP contribution >= 0.6 is 15.9 Å². The predicted octanol–water partition coefficient (Wildman–Crippen LogP) is 4.65. The van der Waals surface area contributed by atoms with Gasteiger partial charge in [0.1, 0.15) is 0 Å². The molecule has 1 N–H and O–H groups in total. The summed E-state index contributed by atoms with van der Waals surface area (Å²) in [6, 6.07) is 8.55. The maximum Gasteiger partial charge on any atom is 0.0207 e. The van der Waals surface area contributed by atoms with Crippen LogP contribution < -0.4 is 5.32 Å². The number of nitrogens with one attached hydrogen (secondary N) is 1. The van der Waals surface area contributed by atoms with Gasteiger partial charge in [0.05, 0.1) is 0 Å². The Kier molecular flexibility index (Phi) is 6.37. The zero-order chi connectivity index (χ0) is 13.6. The lowest BCUT2D eigenvalue weighted by atomic mass is 9.81. The van der Waals surface area contributed by atoms with Crippen molar-refractivity contribution in [2.24, 2.45) is 11.3 Å². The number of halogens is 1. The SMILES string of the molecule is CCC(C)(CNCC(C)C)Cc1ccccc1Br. The number of hydrogen-bond acceptors (Lipinski definition) is 1. The van der Waals surface area contributed by atoms with Crippen molar-refractivity contribution >= 4 is 15.9 Å². The molecule has 2 heteroatoms. The van der Waals surface area contributed by atoms with Crippen LogP contribution in [0, 0.1) is 11.3 Å². The van der Waals surface area contributed by atoms with Crippen LogP contribution in [0.1, 0.15) is 39.7 Å². The Morgan fingerprint density at radius 3 is 2.50 bits per heavy atom. The topological polar surface area (TPSA) is 12.0 Å². The van der Waals surface area contributed by atoms with E-state index in [1.54, 1.807) is 0 Å². The Hall–Kier alpha value is -0.340. The van der Waals surface area contributed by atoms with Gasteiger partial charge >= 0.3 is 0 Å². The second kappa shape index (κ2) is 7.30. The predicted molar refractivity (Wildman–Crippen MR) is 84.0 cm³/mol. The van der Waals surface area contributed by atoms with E-state index in [-0.39, 0.29) is 0 Å². The minimum Gasteiger partial charge on any atom is -0.316 e. The molecule has 0 aliphatic rings. The van der Waals surface area contributed by atoms with Gasteiger partial charge in [-0.25, -0.2) is 0 Å². The van der Waals surface area contributed by atoms with Crippen molar-refractivity contribution in [2.75, 3.05) is 13.1 Å². The molecule has 0 saturated heterocycles. The van der Waals surface area contributed by atoms with E-state index >= 15 is 0 Å². The maximum atomic E-state index is 3.65. The average Bonchev–Trinajstić information content (AvgIpc) is 2.32. The van der Waals surface area contributed by atoms with Crippen molar-refractivity contribution in [3.05, 3.63) is 34.3 Å². The highest BCUT2D eigenvalue weighted by atomic mass is 79.9. The van der Waals surface area contributed by atoms with E-state index in [0.717, 1.165) is 25.4 Å². The Balaban J connectivity index is 2.62. The smallest absolute Gasteiger partial charge is 0.0207 e. The van der Waals surface area contributed by atoms with Crippen LogP contribution in [-0.2, 0) is 6.42 Å². The third-order valence-electron chi connectivity index (χ3n) is 3.53. The van der Waals surface area contributed by atoms with E-state index < -0.39 is 0 Å². The first-order valence-electron chi connectivity index (χ1n) is 6.91.